The number of carbonyl (C=O) groups excluding carboxylic acids is 1. The number of H-pyrrole nitrogens is 1. The van der Waals surface area contributed by atoms with Crippen molar-refractivity contribution in [1.29, 1.82) is 0 Å². The summed E-state index contributed by atoms with van der Waals surface area (Å²) >= 11 is 0. The Morgan fingerprint density at radius 1 is 1.30 bits per heavy atom. The lowest BCUT2D eigenvalue weighted by atomic mass is 10.0. The molecule has 1 fully saturated rings. The van der Waals surface area contributed by atoms with E-state index in [1.807, 2.05) is 18.5 Å². The maximum atomic E-state index is 13.0. The van der Waals surface area contributed by atoms with E-state index in [0.717, 1.165) is 42.0 Å². The maximum absolute atomic E-state index is 13.0. The fourth-order valence-electron chi connectivity index (χ4n) is 4.00. The molecule has 142 valence electrons. The van der Waals surface area contributed by atoms with Crippen LogP contribution in [0.25, 0.3) is 10.9 Å². The number of aromatic nitrogens is 4. The number of amides is 1. The van der Waals surface area contributed by atoms with Crippen molar-refractivity contribution in [3.63, 3.8) is 0 Å². The number of rotatable bonds is 6. The van der Waals surface area contributed by atoms with Crippen LogP contribution in [0.4, 0.5) is 0 Å². The number of fused-ring (bicyclic) bond motifs is 1. The minimum atomic E-state index is -0.0479. The monoisotopic (exact) mass is 365 g/mol. The van der Waals surface area contributed by atoms with Crippen LogP contribution in [0.5, 0.6) is 0 Å². The lowest BCUT2D eigenvalue weighted by Gasteiger charge is -2.18. The Morgan fingerprint density at radius 2 is 2.04 bits per heavy atom. The highest BCUT2D eigenvalue weighted by molar-refractivity contribution is 5.93. The molecule has 0 unspecified atom stereocenters. The van der Waals surface area contributed by atoms with Gasteiger partial charge in [0.2, 0.25) is 5.91 Å². The molecule has 2 N–H and O–H groups in total. The van der Waals surface area contributed by atoms with E-state index in [2.05, 4.69) is 46.4 Å². The van der Waals surface area contributed by atoms with Crippen molar-refractivity contribution in [1.82, 2.24) is 25.1 Å². The van der Waals surface area contributed by atoms with Crippen molar-refractivity contribution < 1.29 is 4.79 Å². The number of hydrogen-bond donors (Lipinski definition) is 2. The Bertz CT molecular complexity index is 996. The van der Waals surface area contributed by atoms with Gasteiger partial charge in [-0.25, -0.2) is 9.67 Å². The van der Waals surface area contributed by atoms with Gasteiger partial charge < -0.3 is 10.3 Å². The van der Waals surface area contributed by atoms with Gasteiger partial charge in [0, 0.05) is 23.1 Å². The Hall–Kier alpha value is -2.63. The molecular formula is C21H27N5O. The summed E-state index contributed by atoms with van der Waals surface area (Å²) in [6.07, 6.45) is 4.22. The summed E-state index contributed by atoms with van der Waals surface area (Å²) in [5.41, 5.74) is 5.71. The highest BCUT2D eigenvalue weighted by Gasteiger charge is 2.36. The molecule has 1 saturated carbocycles. The topological polar surface area (TPSA) is 75.6 Å². The van der Waals surface area contributed by atoms with Gasteiger partial charge in [-0.3, -0.25) is 4.79 Å². The smallest absolute Gasteiger partial charge is 0.225 e. The van der Waals surface area contributed by atoms with E-state index in [4.69, 9.17) is 0 Å². The lowest BCUT2D eigenvalue weighted by Crippen LogP contribution is -2.33. The van der Waals surface area contributed by atoms with Crippen molar-refractivity contribution in [2.75, 3.05) is 0 Å². The summed E-state index contributed by atoms with van der Waals surface area (Å²) < 4.78 is 1.88. The van der Waals surface area contributed by atoms with Crippen LogP contribution in [0.3, 0.4) is 0 Å². The number of hydrogen-bond acceptors (Lipinski definition) is 3. The van der Waals surface area contributed by atoms with Gasteiger partial charge in [0.15, 0.2) is 0 Å². The second kappa shape index (κ2) is 6.83. The van der Waals surface area contributed by atoms with Crippen LogP contribution in [-0.4, -0.2) is 25.7 Å². The molecule has 0 radical (unpaired) electrons. The summed E-state index contributed by atoms with van der Waals surface area (Å²) in [4.78, 5) is 20.8. The number of benzene rings is 1. The van der Waals surface area contributed by atoms with Crippen LogP contribution in [0.1, 0.15) is 54.0 Å². The van der Waals surface area contributed by atoms with Crippen LogP contribution in [0, 0.1) is 26.7 Å². The zero-order chi connectivity index (χ0) is 19.1. The first-order valence-corrected chi connectivity index (χ1v) is 9.74. The number of nitrogens with zero attached hydrogens (tertiary/aromatic N) is 3. The second-order valence-electron chi connectivity index (χ2n) is 7.67. The van der Waals surface area contributed by atoms with Gasteiger partial charge in [-0.1, -0.05) is 12.1 Å². The highest BCUT2D eigenvalue weighted by Crippen LogP contribution is 2.40. The Balaban J connectivity index is 1.60. The molecule has 0 aliphatic heterocycles. The first kappa shape index (κ1) is 17.8. The Kier molecular flexibility index (Phi) is 4.50. The van der Waals surface area contributed by atoms with Crippen molar-refractivity contribution in [2.24, 2.45) is 5.92 Å². The van der Waals surface area contributed by atoms with Gasteiger partial charge in [-0.15, -0.1) is 0 Å². The normalized spacial score (nSPS) is 15.3. The predicted molar refractivity (Wildman–Crippen MR) is 106 cm³/mol. The number of carbonyl (C=O) groups is 1. The maximum Gasteiger partial charge on any atom is 0.225 e. The van der Waals surface area contributed by atoms with Crippen LogP contribution >= 0.6 is 0 Å². The first-order chi connectivity index (χ1) is 13.0. The SMILES string of the molecule is CCn1ncnc1[C@@H](NC(=O)Cc1c(C)[nH]c2c(C)ccc(C)c12)C1CC1. The van der Waals surface area contributed by atoms with Crippen molar-refractivity contribution in [3.8, 4) is 0 Å². The molecule has 1 aliphatic carbocycles. The van der Waals surface area contributed by atoms with Gasteiger partial charge in [-0.05, 0) is 63.1 Å². The quantitative estimate of drug-likeness (QED) is 0.702. The molecule has 6 nitrogen and oxygen atoms in total. The molecule has 0 spiro atoms. The van der Waals surface area contributed by atoms with E-state index in [1.165, 1.54) is 16.5 Å². The largest absolute Gasteiger partial charge is 0.358 e. The lowest BCUT2D eigenvalue weighted by molar-refractivity contribution is -0.121. The number of nitrogens with one attached hydrogen (secondary N) is 2. The van der Waals surface area contributed by atoms with Gasteiger partial charge >= 0.3 is 0 Å². The van der Waals surface area contributed by atoms with E-state index in [1.54, 1.807) is 6.33 Å². The number of aryl methyl sites for hydroxylation is 4. The van der Waals surface area contributed by atoms with E-state index in [0.29, 0.717) is 12.3 Å². The average Bonchev–Trinajstić information content (AvgIpc) is 3.28. The molecule has 0 bridgehead atoms. The molecule has 2 aromatic heterocycles. The molecule has 6 heteroatoms. The first-order valence-electron chi connectivity index (χ1n) is 9.74. The summed E-state index contributed by atoms with van der Waals surface area (Å²) in [7, 11) is 0. The van der Waals surface area contributed by atoms with Crippen molar-refractivity contribution >= 4 is 16.8 Å². The number of aromatic amines is 1. The van der Waals surface area contributed by atoms with E-state index >= 15 is 0 Å². The van der Waals surface area contributed by atoms with Crippen molar-refractivity contribution in [3.05, 3.63) is 46.7 Å². The van der Waals surface area contributed by atoms with Crippen LogP contribution in [-0.2, 0) is 17.8 Å². The molecule has 1 amide bonds. The summed E-state index contributed by atoms with van der Waals surface area (Å²) in [6, 6.07) is 4.20. The molecule has 27 heavy (non-hydrogen) atoms. The molecule has 0 saturated heterocycles. The standard InChI is InChI=1S/C21H27N5O/c1-5-26-21(22-11-23-26)20(15-8-9-15)25-17(27)10-16-14(4)24-19-13(3)7-6-12(2)18(16)19/h6-7,11,15,20,24H,5,8-10H2,1-4H3,(H,25,27)/t20-/m0/s1. The predicted octanol–water partition coefficient (Wildman–Crippen LogP) is 3.51. The summed E-state index contributed by atoms with van der Waals surface area (Å²) in [6.45, 7) is 9.06. The second-order valence-corrected chi connectivity index (χ2v) is 7.67. The molecule has 1 aliphatic rings. The summed E-state index contributed by atoms with van der Waals surface area (Å²) in [5.74, 6) is 1.38. The fourth-order valence-corrected chi connectivity index (χ4v) is 4.00. The van der Waals surface area contributed by atoms with Crippen LogP contribution in [0.15, 0.2) is 18.5 Å². The molecule has 3 aromatic rings. The van der Waals surface area contributed by atoms with Crippen molar-refractivity contribution in [2.45, 2.75) is 59.5 Å². The third-order valence-corrected chi connectivity index (χ3v) is 5.66. The average molecular weight is 365 g/mol. The van der Waals surface area contributed by atoms with E-state index in [-0.39, 0.29) is 11.9 Å². The van der Waals surface area contributed by atoms with Crippen LogP contribution in [0.2, 0.25) is 0 Å². The van der Waals surface area contributed by atoms with E-state index in [9.17, 15) is 4.79 Å². The summed E-state index contributed by atoms with van der Waals surface area (Å²) in [5, 5.41) is 8.70. The van der Waals surface area contributed by atoms with Gasteiger partial charge in [0.05, 0.1) is 12.5 Å². The minimum absolute atomic E-state index is 0.0439. The fraction of sp³-hybridized carbons (Fsp3) is 0.476. The Labute approximate surface area is 159 Å². The van der Waals surface area contributed by atoms with Gasteiger partial charge in [0.1, 0.15) is 12.2 Å². The third kappa shape index (κ3) is 3.24. The molecule has 1 aromatic carbocycles. The highest BCUT2D eigenvalue weighted by atomic mass is 16.1. The third-order valence-electron chi connectivity index (χ3n) is 5.66. The minimum Gasteiger partial charge on any atom is -0.358 e. The van der Waals surface area contributed by atoms with E-state index < -0.39 is 0 Å². The zero-order valence-corrected chi connectivity index (χ0v) is 16.5. The molecule has 1 atom stereocenters. The molecule has 4 rings (SSSR count). The zero-order valence-electron chi connectivity index (χ0n) is 16.5. The van der Waals surface area contributed by atoms with Gasteiger partial charge in [0.25, 0.3) is 0 Å². The molecule has 2 heterocycles. The van der Waals surface area contributed by atoms with Crippen LogP contribution < -0.4 is 5.32 Å². The van der Waals surface area contributed by atoms with Gasteiger partial charge in [-0.2, -0.15) is 5.10 Å². The molecular weight excluding hydrogens is 338 g/mol. The Morgan fingerprint density at radius 3 is 2.74 bits per heavy atom.